The van der Waals surface area contributed by atoms with Crippen LogP contribution in [0.25, 0.3) is 0 Å². The van der Waals surface area contributed by atoms with Gasteiger partial charge >= 0.3 is 0 Å². The van der Waals surface area contributed by atoms with Crippen molar-refractivity contribution in [1.29, 1.82) is 0 Å². The topological polar surface area (TPSA) is 21.3 Å². The molecule has 0 bridgehead atoms. The monoisotopic (exact) mass is 229 g/mol. The summed E-state index contributed by atoms with van der Waals surface area (Å²) >= 11 is 0. The quantitative estimate of drug-likeness (QED) is 0.757. The lowest BCUT2D eigenvalue weighted by Crippen LogP contribution is -2.21. The largest absolute Gasteiger partial charge is 0.377 e. The Balaban J connectivity index is 2.29. The van der Waals surface area contributed by atoms with Crippen LogP contribution in [0, 0.1) is 11.6 Å². The molecule has 0 aromatic heterocycles. The van der Waals surface area contributed by atoms with Crippen LogP contribution >= 0.6 is 0 Å². The van der Waals surface area contributed by atoms with E-state index in [4.69, 9.17) is 4.74 Å². The molecule has 0 unspecified atom stereocenters. The number of halogens is 2. The molecule has 2 nitrogen and oxygen atoms in total. The Morgan fingerprint density at radius 3 is 2.75 bits per heavy atom. The SMILES string of the molecule is CC(C)OCCNCc1cccc(F)c1F. The Bertz CT molecular complexity index is 329. The predicted molar refractivity (Wildman–Crippen MR) is 59.2 cm³/mol. The molecule has 0 atom stereocenters. The van der Waals surface area contributed by atoms with Gasteiger partial charge in [-0.15, -0.1) is 0 Å². The lowest BCUT2D eigenvalue weighted by molar-refractivity contribution is 0.0806. The Morgan fingerprint density at radius 2 is 2.06 bits per heavy atom. The van der Waals surface area contributed by atoms with Crippen LogP contribution in [-0.4, -0.2) is 19.3 Å². The van der Waals surface area contributed by atoms with E-state index in [1.165, 1.54) is 6.07 Å². The first-order valence-corrected chi connectivity index (χ1v) is 5.36. The van der Waals surface area contributed by atoms with Gasteiger partial charge in [-0.05, 0) is 19.9 Å². The maximum absolute atomic E-state index is 13.2. The van der Waals surface area contributed by atoms with Crippen molar-refractivity contribution in [3.8, 4) is 0 Å². The first-order valence-electron chi connectivity index (χ1n) is 5.36. The first-order chi connectivity index (χ1) is 7.61. The van der Waals surface area contributed by atoms with E-state index in [1.54, 1.807) is 6.07 Å². The van der Waals surface area contributed by atoms with Gasteiger partial charge in [0, 0.05) is 18.7 Å². The van der Waals surface area contributed by atoms with Crippen LogP contribution in [0.5, 0.6) is 0 Å². The first kappa shape index (κ1) is 13.1. The molecule has 0 radical (unpaired) electrons. The van der Waals surface area contributed by atoms with Crippen LogP contribution in [-0.2, 0) is 11.3 Å². The number of hydrogen-bond acceptors (Lipinski definition) is 2. The maximum atomic E-state index is 13.2. The highest BCUT2D eigenvalue weighted by Gasteiger charge is 2.06. The molecule has 0 amide bonds. The summed E-state index contributed by atoms with van der Waals surface area (Å²) in [5.74, 6) is -1.59. The van der Waals surface area contributed by atoms with E-state index in [2.05, 4.69) is 5.32 Å². The fourth-order valence-electron chi connectivity index (χ4n) is 1.27. The van der Waals surface area contributed by atoms with Gasteiger partial charge < -0.3 is 10.1 Å². The van der Waals surface area contributed by atoms with E-state index in [1.807, 2.05) is 13.8 Å². The predicted octanol–water partition coefficient (Wildman–Crippen LogP) is 2.48. The fourth-order valence-corrected chi connectivity index (χ4v) is 1.27. The van der Waals surface area contributed by atoms with Crippen LogP contribution < -0.4 is 5.32 Å². The molecule has 0 spiro atoms. The summed E-state index contributed by atoms with van der Waals surface area (Å²) < 4.78 is 31.3. The highest BCUT2D eigenvalue weighted by Crippen LogP contribution is 2.10. The van der Waals surface area contributed by atoms with Crippen molar-refractivity contribution in [3.05, 3.63) is 35.4 Å². The molecule has 90 valence electrons. The van der Waals surface area contributed by atoms with Crippen LogP contribution in [0.3, 0.4) is 0 Å². The lowest BCUT2D eigenvalue weighted by atomic mass is 10.2. The second-order valence-electron chi connectivity index (χ2n) is 3.81. The molecule has 0 aliphatic heterocycles. The molecule has 0 aliphatic carbocycles. The molecule has 0 fully saturated rings. The van der Waals surface area contributed by atoms with Gasteiger partial charge in [0.05, 0.1) is 12.7 Å². The number of benzene rings is 1. The van der Waals surface area contributed by atoms with Crippen molar-refractivity contribution in [1.82, 2.24) is 5.32 Å². The molecular weight excluding hydrogens is 212 g/mol. The average molecular weight is 229 g/mol. The summed E-state index contributed by atoms with van der Waals surface area (Å²) in [6, 6.07) is 4.18. The van der Waals surface area contributed by atoms with Gasteiger partial charge in [-0.3, -0.25) is 0 Å². The Morgan fingerprint density at radius 1 is 1.31 bits per heavy atom. The van der Waals surface area contributed by atoms with Gasteiger partial charge in [-0.25, -0.2) is 8.78 Å². The molecule has 1 aromatic carbocycles. The second kappa shape index (κ2) is 6.55. The van der Waals surface area contributed by atoms with Gasteiger partial charge in [-0.2, -0.15) is 0 Å². The number of hydrogen-bond donors (Lipinski definition) is 1. The van der Waals surface area contributed by atoms with E-state index in [0.717, 1.165) is 6.07 Å². The second-order valence-corrected chi connectivity index (χ2v) is 3.81. The van der Waals surface area contributed by atoms with Crippen molar-refractivity contribution in [2.75, 3.05) is 13.2 Å². The summed E-state index contributed by atoms with van der Waals surface area (Å²) in [6.07, 6.45) is 0.188. The standard InChI is InChI=1S/C12H17F2NO/c1-9(2)16-7-6-15-8-10-4-3-5-11(13)12(10)14/h3-5,9,15H,6-8H2,1-2H3. The Hall–Kier alpha value is -1.00. The molecule has 0 saturated heterocycles. The molecule has 1 N–H and O–H groups in total. The van der Waals surface area contributed by atoms with Crippen LogP contribution in [0.15, 0.2) is 18.2 Å². The zero-order valence-corrected chi connectivity index (χ0v) is 9.59. The zero-order chi connectivity index (χ0) is 12.0. The van der Waals surface area contributed by atoms with Gasteiger partial charge in [0.15, 0.2) is 11.6 Å². The number of nitrogens with one attached hydrogen (secondary N) is 1. The summed E-state index contributed by atoms with van der Waals surface area (Å²) in [7, 11) is 0. The molecule has 1 aromatic rings. The Kier molecular flexibility index (Phi) is 5.35. The van der Waals surface area contributed by atoms with Crippen molar-refractivity contribution in [2.24, 2.45) is 0 Å². The molecule has 0 aliphatic rings. The van der Waals surface area contributed by atoms with E-state index < -0.39 is 11.6 Å². The summed E-state index contributed by atoms with van der Waals surface area (Å²) in [5, 5.41) is 2.99. The molecular formula is C12H17F2NO. The van der Waals surface area contributed by atoms with Gasteiger partial charge in [0.25, 0.3) is 0 Å². The number of ether oxygens (including phenoxy) is 1. The van der Waals surface area contributed by atoms with Crippen LogP contribution in [0.2, 0.25) is 0 Å². The minimum absolute atomic E-state index is 0.188. The van der Waals surface area contributed by atoms with E-state index in [-0.39, 0.29) is 6.10 Å². The zero-order valence-electron chi connectivity index (χ0n) is 9.59. The molecule has 16 heavy (non-hydrogen) atoms. The molecule has 0 heterocycles. The van der Waals surface area contributed by atoms with Crippen molar-refractivity contribution < 1.29 is 13.5 Å². The third-order valence-corrected chi connectivity index (χ3v) is 2.08. The maximum Gasteiger partial charge on any atom is 0.163 e. The van der Waals surface area contributed by atoms with Crippen molar-refractivity contribution >= 4 is 0 Å². The van der Waals surface area contributed by atoms with E-state index in [0.29, 0.717) is 25.3 Å². The van der Waals surface area contributed by atoms with Crippen LogP contribution in [0.1, 0.15) is 19.4 Å². The fraction of sp³-hybridized carbons (Fsp3) is 0.500. The molecule has 4 heteroatoms. The highest BCUT2D eigenvalue weighted by molar-refractivity contribution is 5.18. The third kappa shape index (κ3) is 4.24. The normalized spacial score (nSPS) is 11.1. The minimum Gasteiger partial charge on any atom is -0.377 e. The third-order valence-electron chi connectivity index (χ3n) is 2.08. The average Bonchev–Trinajstić information content (AvgIpc) is 2.23. The minimum atomic E-state index is -0.808. The lowest BCUT2D eigenvalue weighted by Gasteiger charge is -2.09. The molecule has 0 saturated carbocycles. The Labute approximate surface area is 94.6 Å². The van der Waals surface area contributed by atoms with E-state index >= 15 is 0 Å². The van der Waals surface area contributed by atoms with Gasteiger partial charge in [0.2, 0.25) is 0 Å². The number of rotatable bonds is 6. The summed E-state index contributed by atoms with van der Waals surface area (Å²) in [6.45, 7) is 5.40. The van der Waals surface area contributed by atoms with Gasteiger partial charge in [0.1, 0.15) is 0 Å². The summed E-state index contributed by atoms with van der Waals surface area (Å²) in [4.78, 5) is 0. The van der Waals surface area contributed by atoms with Crippen LogP contribution in [0.4, 0.5) is 8.78 Å². The highest BCUT2D eigenvalue weighted by atomic mass is 19.2. The van der Waals surface area contributed by atoms with Crippen molar-refractivity contribution in [2.45, 2.75) is 26.5 Å². The van der Waals surface area contributed by atoms with E-state index in [9.17, 15) is 8.78 Å². The van der Waals surface area contributed by atoms with Gasteiger partial charge in [-0.1, -0.05) is 12.1 Å². The smallest absolute Gasteiger partial charge is 0.163 e. The molecule has 1 rings (SSSR count). The van der Waals surface area contributed by atoms with Crippen molar-refractivity contribution in [3.63, 3.8) is 0 Å². The summed E-state index contributed by atoms with van der Waals surface area (Å²) in [5.41, 5.74) is 0.338.